The zero-order valence-corrected chi connectivity index (χ0v) is 20.5. The van der Waals surface area contributed by atoms with Crippen molar-refractivity contribution < 1.29 is 28.6 Å². The highest BCUT2D eigenvalue weighted by atomic mass is 16.5. The first kappa shape index (κ1) is 25.2. The van der Waals surface area contributed by atoms with E-state index in [-0.39, 0.29) is 30.6 Å². The Morgan fingerprint density at radius 2 is 1.81 bits per heavy atom. The summed E-state index contributed by atoms with van der Waals surface area (Å²) in [6, 6.07) is 17.3. The molecule has 1 amide bonds. The van der Waals surface area contributed by atoms with Crippen molar-refractivity contribution in [3.05, 3.63) is 71.6 Å². The fraction of sp³-hybridized carbons (Fsp3) is 0.357. The van der Waals surface area contributed by atoms with Gasteiger partial charge in [-0.05, 0) is 56.0 Å². The van der Waals surface area contributed by atoms with Crippen LogP contribution in [0.2, 0.25) is 0 Å². The number of rotatable bonds is 10. The van der Waals surface area contributed by atoms with Crippen LogP contribution in [-0.4, -0.2) is 52.3 Å². The molecule has 1 aliphatic rings. The average molecular weight is 491 g/mol. The van der Waals surface area contributed by atoms with Crippen molar-refractivity contribution in [1.29, 1.82) is 0 Å². The van der Waals surface area contributed by atoms with Crippen LogP contribution in [0.5, 0.6) is 5.75 Å². The number of carboxylic acids is 1. The van der Waals surface area contributed by atoms with E-state index < -0.39 is 11.9 Å². The highest BCUT2D eigenvalue weighted by Crippen LogP contribution is 2.28. The maximum Gasteiger partial charge on any atom is 0.308 e. The first-order valence-electron chi connectivity index (χ1n) is 12.0. The largest absolute Gasteiger partial charge is 0.493 e. The lowest BCUT2D eigenvalue weighted by Crippen LogP contribution is -2.31. The van der Waals surface area contributed by atoms with Gasteiger partial charge in [-0.15, -0.1) is 0 Å². The molecule has 8 nitrogen and oxygen atoms in total. The first-order chi connectivity index (χ1) is 17.3. The van der Waals surface area contributed by atoms with E-state index in [2.05, 4.69) is 4.98 Å². The summed E-state index contributed by atoms with van der Waals surface area (Å²) >= 11 is 0. The number of carbonyl (C=O) groups excluding carboxylic acids is 2. The molecule has 2 aromatic carbocycles. The van der Waals surface area contributed by atoms with Gasteiger partial charge in [0.15, 0.2) is 0 Å². The van der Waals surface area contributed by atoms with Crippen molar-refractivity contribution in [3.63, 3.8) is 0 Å². The summed E-state index contributed by atoms with van der Waals surface area (Å²) < 4.78 is 11.7. The number of amides is 1. The van der Waals surface area contributed by atoms with E-state index >= 15 is 0 Å². The van der Waals surface area contributed by atoms with E-state index in [0.717, 1.165) is 22.6 Å². The van der Waals surface area contributed by atoms with Crippen LogP contribution in [0, 0.1) is 18.8 Å². The maximum absolute atomic E-state index is 12.2. The minimum atomic E-state index is -0.920. The molecular weight excluding hydrogens is 460 g/mol. The van der Waals surface area contributed by atoms with Crippen molar-refractivity contribution in [1.82, 2.24) is 9.88 Å². The Kier molecular flexibility index (Phi) is 7.83. The minimum absolute atomic E-state index is 0.140. The maximum atomic E-state index is 12.2. The van der Waals surface area contributed by atoms with Crippen LogP contribution < -0.4 is 4.74 Å². The molecule has 1 aliphatic heterocycles. The number of oxazole rings is 1. The summed E-state index contributed by atoms with van der Waals surface area (Å²) in [5.41, 5.74) is 2.76. The number of aliphatic carboxylic acids is 1. The summed E-state index contributed by atoms with van der Waals surface area (Å²) in [4.78, 5) is 41.4. The molecule has 2 heterocycles. The Morgan fingerprint density at radius 1 is 1.08 bits per heavy atom. The van der Waals surface area contributed by atoms with Gasteiger partial charge in [0.2, 0.25) is 11.8 Å². The number of likely N-dealkylation sites (tertiary alicyclic amines) is 1. The standard InChI is InChI=1S/C28H30N2O6/c1-18(31)14-26(32)30-16-22(24(17-30)28(33)34)15-20-8-10-23(11-9-20)35-13-12-25-19(2)36-27(29-25)21-6-4-3-5-7-21/h3-11,22,24H,12-17H2,1-2H3,(H,33,34)/t22-,24+/m1/s1. The quantitative estimate of drug-likeness (QED) is 0.429. The number of hydrogen-bond donors (Lipinski definition) is 1. The lowest BCUT2D eigenvalue weighted by atomic mass is 9.90. The van der Waals surface area contributed by atoms with E-state index in [1.807, 2.05) is 61.5 Å². The van der Waals surface area contributed by atoms with Crippen LogP contribution in [0.25, 0.3) is 11.5 Å². The second-order valence-corrected chi connectivity index (χ2v) is 9.22. The highest BCUT2D eigenvalue weighted by molar-refractivity contribution is 5.97. The Balaban J connectivity index is 1.31. The number of Topliss-reactive ketones (excluding diaryl/α,β-unsaturated/α-hetero) is 1. The van der Waals surface area contributed by atoms with Crippen LogP contribution in [0.1, 0.15) is 30.4 Å². The second kappa shape index (κ2) is 11.2. The van der Waals surface area contributed by atoms with Gasteiger partial charge in [0.1, 0.15) is 17.3 Å². The zero-order valence-electron chi connectivity index (χ0n) is 20.5. The molecule has 0 saturated carbocycles. The molecule has 36 heavy (non-hydrogen) atoms. The molecule has 1 aromatic heterocycles. The molecule has 1 fully saturated rings. The number of carbonyl (C=O) groups is 3. The summed E-state index contributed by atoms with van der Waals surface area (Å²) in [6.07, 6.45) is 0.949. The van der Waals surface area contributed by atoms with Gasteiger partial charge < -0.3 is 19.2 Å². The Bertz CT molecular complexity index is 1220. The van der Waals surface area contributed by atoms with E-state index in [0.29, 0.717) is 37.6 Å². The van der Waals surface area contributed by atoms with Crippen molar-refractivity contribution in [2.75, 3.05) is 19.7 Å². The molecule has 0 unspecified atom stereocenters. The molecule has 0 aliphatic carbocycles. The Hall–Kier alpha value is -3.94. The van der Waals surface area contributed by atoms with Crippen molar-refractivity contribution in [2.24, 2.45) is 11.8 Å². The number of carboxylic acid groups (broad SMARTS) is 1. The second-order valence-electron chi connectivity index (χ2n) is 9.22. The number of benzene rings is 2. The number of ketones is 1. The molecule has 0 radical (unpaired) electrons. The normalized spacial score (nSPS) is 17.2. The lowest BCUT2D eigenvalue weighted by Gasteiger charge is -2.16. The van der Waals surface area contributed by atoms with Crippen LogP contribution in [0.15, 0.2) is 59.0 Å². The van der Waals surface area contributed by atoms with E-state index in [9.17, 15) is 19.5 Å². The zero-order chi connectivity index (χ0) is 25.7. The van der Waals surface area contributed by atoms with Gasteiger partial charge in [-0.1, -0.05) is 30.3 Å². The van der Waals surface area contributed by atoms with Gasteiger partial charge >= 0.3 is 5.97 Å². The van der Waals surface area contributed by atoms with Crippen molar-refractivity contribution in [2.45, 2.75) is 33.1 Å². The number of nitrogens with zero attached hydrogens (tertiary/aromatic N) is 2. The van der Waals surface area contributed by atoms with E-state index in [1.54, 1.807) is 0 Å². The smallest absolute Gasteiger partial charge is 0.308 e. The molecule has 2 atom stereocenters. The third kappa shape index (κ3) is 6.19. The summed E-state index contributed by atoms with van der Waals surface area (Å²) in [5.74, 6) is -0.227. The first-order valence-corrected chi connectivity index (χ1v) is 12.0. The SMILES string of the molecule is CC(=O)CC(=O)N1C[C@@H](Cc2ccc(OCCc3nc(-c4ccccc4)oc3C)cc2)[C@@H](C(=O)O)C1. The van der Waals surface area contributed by atoms with Gasteiger partial charge in [0.25, 0.3) is 0 Å². The molecule has 0 bridgehead atoms. The molecule has 0 spiro atoms. The molecule has 188 valence electrons. The van der Waals surface area contributed by atoms with Crippen LogP contribution >= 0.6 is 0 Å². The predicted molar refractivity (Wildman–Crippen MR) is 133 cm³/mol. The third-order valence-electron chi connectivity index (χ3n) is 6.45. The summed E-state index contributed by atoms with van der Waals surface area (Å²) in [5, 5.41) is 9.63. The lowest BCUT2D eigenvalue weighted by molar-refractivity contribution is -0.142. The van der Waals surface area contributed by atoms with Crippen LogP contribution in [0.4, 0.5) is 0 Å². The van der Waals surface area contributed by atoms with Gasteiger partial charge in [-0.3, -0.25) is 14.4 Å². The number of aryl methyl sites for hydroxylation is 1. The highest BCUT2D eigenvalue weighted by Gasteiger charge is 2.39. The Morgan fingerprint density at radius 3 is 2.47 bits per heavy atom. The third-order valence-corrected chi connectivity index (χ3v) is 6.45. The number of ether oxygens (including phenoxy) is 1. The van der Waals surface area contributed by atoms with Gasteiger partial charge in [0.05, 0.1) is 24.6 Å². The number of hydrogen-bond acceptors (Lipinski definition) is 6. The van der Waals surface area contributed by atoms with Crippen LogP contribution in [-0.2, 0) is 27.2 Å². The van der Waals surface area contributed by atoms with Crippen LogP contribution in [0.3, 0.4) is 0 Å². The fourth-order valence-electron chi connectivity index (χ4n) is 4.54. The molecule has 8 heteroatoms. The van der Waals surface area contributed by atoms with Gasteiger partial charge in [-0.2, -0.15) is 0 Å². The van der Waals surface area contributed by atoms with E-state index in [1.165, 1.54) is 11.8 Å². The predicted octanol–water partition coefficient (Wildman–Crippen LogP) is 3.95. The monoisotopic (exact) mass is 490 g/mol. The topological polar surface area (TPSA) is 110 Å². The van der Waals surface area contributed by atoms with Gasteiger partial charge in [-0.25, -0.2) is 4.98 Å². The minimum Gasteiger partial charge on any atom is -0.493 e. The van der Waals surface area contributed by atoms with E-state index in [4.69, 9.17) is 9.15 Å². The molecular formula is C28H30N2O6. The molecule has 4 rings (SSSR count). The molecule has 1 saturated heterocycles. The average Bonchev–Trinajstić information content (AvgIpc) is 3.44. The summed E-state index contributed by atoms with van der Waals surface area (Å²) in [6.45, 7) is 4.17. The number of aromatic nitrogens is 1. The Labute approximate surface area is 209 Å². The van der Waals surface area contributed by atoms with Crippen molar-refractivity contribution >= 4 is 17.7 Å². The molecule has 3 aromatic rings. The molecule has 1 N–H and O–H groups in total. The van der Waals surface area contributed by atoms with Crippen molar-refractivity contribution in [3.8, 4) is 17.2 Å². The summed E-state index contributed by atoms with van der Waals surface area (Å²) in [7, 11) is 0. The van der Waals surface area contributed by atoms with Gasteiger partial charge in [0, 0.05) is 25.1 Å². The fourth-order valence-corrected chi connectivity index (χ4v) is 4.54.